The Hall–Kier alpha value is -2.23. The summed E-state index contributed by atoms with van der Waals surface area (Å²) in [7, 11) is 0. The number of aliphatic imine (C=N–C) groups is 1. The fraction of sp³-hybridized carbons (Fsp3) is 0.421. The molecule has 4 heteroatoms. The first-order valence-electron chi connectivity index (χ1n) is 8.42. The highest BCUT2D eigenvalue weighted by atomic mass is 16.3. The number of hydrogen-bond donors (Lipinski definition) is 2. The molecule has 1 aromatic carbocycles. The summed E-state index contributed by atoms with van der Waals surface area (Å²) in [4.78, 5) is 4.68. The molecule has 2 aromatic rings. The summed E-state index contributed by atoms with van der Waals surface area (Å²) in [6, 6.07) is 15.0. The molecule has 1 aliphatic carbocycles. The molecule has 2 unspecified atom stereocenters. The minimum atomic E-state index is 0.571. The quantitative estimate of drug-likeness (QED) is 0.610. The van der Waals surface area contributed by atoms with Gasteiger partial charge in [0.25, 0.3) is 0 Å². The van der Waals surface area contributed by atoms with Gasteiger partial charge in [-0.15, -0.1) is 0 Å². The Balaban J connectivity index is 1.48. The largest absolute Gasteiger partial charge is 0.469 e. The standard InChI is InChI=1S/C19H25N3O/c1-15-14-18(15)22-19(21-12-10-17-8-5-13-23-17)20-11-9-16-6-3-2-4-7-16/h2-8,13,15,18H,9-12,14H2,1H3,(H2,20,21,22). The van der Waals surface area contributed by atoms with Crippen molar-refractivity contribution in [1.29, 1.82) is 0 Å². The van der Waals surface area contributed by atoms with E-state index in [2.05, 4.69) is 52.9 Å². The highest BCUT2D eigenvalue weighted by Gasteiger charge is 2.33. The molecule has 2 atom stereocenters. The van der Waals surface area contributed by atoms with Crippen LogP contribution in [-0.2, 0) is 12.8 Å². The Morgan fingerprint density at radius 3 is 2.70 bits per heavy atom. The van der Waals surface area contributed by atoms with E-state index in [4.69, 9.17) is 4.42 Å². The lowest BCUT2D eigenvalue weighted by Gasteiger charge is -2.12. The van der Waals surface area contributed by atoms with Gasteiger partial charge in [0.2, 0.25) is 0 Å². The third-order valence-electron chi connectivity index (χ3n) is 4.19. The van der Waals surface area contributed by atoms with Crippen LogP contribution in [0.5, 0.6) is 0 Å². The highest BCUT2D eigenvalue weighted by Crippen LogP contribution is 2.28. The minimum absolute atomic E-state index is 0.571. The molecule has 2 N–H and O–H groups in total. The van der Waals surface area contributed by atoms with Gasteiger partial charge in [0.05, 0.1) is 6.26 Å². The van der Waals surface area contributed by atoms with Gasteiger partial charge in [-0.25, -0.2) is 0 Å². The second kappa shape index (κ2) is 7.86. The summed E-state index contributed by atoms with van der Waals surface area (Å²) < 4.78 is 5.35. The fourth-order valence-electron chi connectivity index (χ4n) is 2.55. The Labute approximate surface area is 138 Å². The molecule has 0 bridgehead atoms. The first kappa shape index (κ1) is 15.7. The fourth-order valence-corrected chi connectivity index (χ4v) is 2.55. The molecule has 0 radical (unpaired) electrons. The normalized spacial score (nSPS) is 20.3. The zero-order valence-electron chi connectivity index (χ0n) is 13.7. The van der Waals surface area contributed by atoms with Crippen molar-refractivity contribution in [2.75, 3.05) is 13.1 Å². The van der Waals surface area contributed by atoms with Crippen LogP contribution in [-0.4, -0.2) is 25.1 Å². The van der Waals surface area contributed by atoms with Gasteiger partial charge >= 0.3 is 0 Å². The number of nitrogens with zero attached hydrogens (tertiary/aromatic N) is 1. The Kier molecular flexibility index (Phi) is 5.35. The van der Waals surface area contributed by atoms with E-state index in [0.717, 1.165) is 43.6 Å². The van der Waals surface area contributed by atoms with Crippen molar-refractivity contribution >= 4 is 5.96 Å². The van der Waals surface area contributed by atoms with Gasteiger partial charge in [-0.05, 0) is 36.5 Å². The second-order valence-electron chi connectivity index (χ2n) is 6.19. The number of guanidine groups is 1. The van der Waals surface area contributed by atoms with Crippen LogP contribution in [0.25, 0.3) is 0 Å². The molecule has 1 aromatic heterocycles. The first-order chi connectivity index (χ1) is 11.3. The molecule has 0 amide bonds. The summed E-state index contributed by atoms with van der Waals surface area (Å²) >= 11 is 0. The maximum Gasteiger partial charge on any atom is 0.191 e. The molecule has 3 rings (SSSR count). The molecule has 4 nitrogen and oxygen atoms in total. The number of hydrogen-bond acceptors (Lipinski definition) is 2. The van der Waals surface area contributed by atoms with Crippen LogP contribution >= 0.6 is 0 Å². The first-order valence-corrected chi connectivity index (χ1v) is 8.42. The molecule has 0 spiro atoms. The zero-order valence-corrected chi connectivity index (χ0v) is 13.7. The molecule has 1 aliphatic rings. The Morgan fingerprint density at radius 1 is 1.17 bits per heavy atom. The zero-order chi connectivity index (χ0) is 15.9. The smallest absolute Gasteiger partial charge is 0.191 e. The van der Waals surface area contributed by atoms with E-state index in [9.17, 15) is 0 Å². The Morgan fingerprint density at radius 2 is 2.00 bits per heavy atom. The van der Waals surface area contributed by atoms with Gasteiger partial charge in [-0.2, -0.15) is 0 Å². The molecule has 0 aliphatic heterocycles. The van der Waals surface area contributed by atoms with Gasteiger partial charge in [-0.1, -0.05) is 37.3 Å². The van der Waals surface area contributed by atoms with E-state index >= 15 is 0 Å². The molecule has 1 fully saturated rings. The lowest BCUT2D eigenvalue weighted by Crippen LogP contribution is -2.40. The van der Waals surface area contributed by atoms with E-state index in [1.54, 1.807) is 6.26 Å². The molecule has 1 saturated carbocycles. The molecule has 122 valence electrons. The van der Waals surface area contributed by atoms with E-state index in [0.29, 0.717) is 6.04 Å². The summed E-state index contributed by atoms with van der Waals surface area (Å²) in [6.45, 7) is 3.88. The maximum atomic E-state index is 5.35. The van der Waals surface area contributed by atoms with Crippen LogP contribution in [0.3, 0.4) is 0 Å². The topological polar surface area (TPSA) is 49.6 Å². The molecule has 1 heterocycles. The number of rotatable bonds is 7. The average Bonchev–Trinajstić information content (AvgIpc) is 3.02. The number of nitrogens with one attached hydrogen (secondary N) is 2. The SMILES string of the molecule is CC1CC1NC(=NCCc1ccco1)NCCc1ccccc1. The number of benzene rings is 1. The van der Waals surface area contributed by atoms with Crippen molar-refractivity contribution in [3.05, 3.63) is 60.1 Å². The van der Waals surface area contributed by atoms with Crippen molar-refractivity contribution in [3.63, 3.8) is 0 Å². The van der Waals surface area contributed by atoms with Crippen molar-refractivity contribution in [2.45, 2.75) is 32.2 Å². The third kappa shape index (κ3) is 5.16. The van der Waals surface area contributed by atoms with Crippen LogP contribution in [0.4, 0.5) is 0 Å². The van der Waals surface area contributed by atoms with Crippen LogP contribution in [0, 0.1) is 5.92 Å². The van der Waals surface area contributed by atoms with Gasteiger partial charge in [0.1, 0.15) is 5.76 Å². The summed E-state index contributed by atoms with van der Waals surface area (Å²) in [5, 5.41) is 6.96. The minimum Gasteiger partial charge on any atom is -0.469 e. The summed E-state index contributed by atoms with van der Waals surface area (Å²) in [5.74, 6) is 2.65. The molecule has 0 saturated heterocycles. The molecular formula is C19H25N3O. The summed E-state index contributed by atoms with van der Waals surface area (Å²) in [6.07, 6.45) is 4.78. The van der Waals surface area contributed by atoms with Crippen LogP contribution in [0.2, 0.25) is 0 Å². The van der Waals surface area contributed by atoms with Crippen LogP contribution < -0.4 is 10.6 Å². The predicted octanol–water partition coefficient (Wildman–Crippen LogP) is 3.01. The van der Waals surface area contributed by atoms with Gasteiger partial charge in [0.15, 0.2) is 5.96 Å². The monoisotopic (exact) mass is 311 g/mol. The van der Waals surface area contributed by atoms with Crippen molar-refractivity contribution in [1.82, 2.24) is 10.6 Å². The van der Waals surface area contributed by atoms with Crippen molar-refractivity contribution < 1.29 is 4.42 Å². The lowest BCUT2D eigenvalue weighted by atomic mass is 10.1. The predicted molar refractivity (Wildman–Crippen MR) is 93.6 cm³/mol. The van der Waals surface area contributed by atoms with Crippen molar-refractivity contribution in [3.8, 4) is 0 Å². The molecular weight excluding hydrogens is 286 g/mol. The average molecular weight is 311 g/mol. The van der Waals surface area contributed by atoms with E-state index in [1.165, 1.54) is 12.0 Å². The second-order valence-corrected chi connectivity index (χ2v) is 6.19. The summed E-state index contributed by atoms with van der Waals surface area (Å²) in [5.41, 5.74) is 1.34. The number of furan rings is 1. The van der Waals surface area contributed by atoms with Crippen LogP contribution in [0.15, 0.2) is 58.1 Å². The third-order valence-corrected chi connectivity index (χ3v) is 4.19. The van der Waals surface area contributed by atoms with E-state index in [1.807, 2.05) is 12.1 Å². The maximum absolute atomic E-state index is 5.35. The lowest BCUT2D eigenvalue weighted by molar-refractivity contribution is 0.510. The molecule has 23 heavy (non-hydrogen) atoms. The highest BCUT2D eigenvalue weighted by molar-refractivity contribution is 5.80. The van der Waals surface area contributed by atoms with Gasteiger partial charge < -0.3 is 15.1 Å². The van der Waals surface area contributed by atoms with E-state index in [-0.39, 0.29) is 0 Å². The Bertz CT molecular complexity index is 607. The van der Waals surface area contributed by atoms with Gasteiger partial charge in [0, 0.05) is 25.6 Å². The van der Waals surface area contributed by atoms with Gasteiger partial charge in [-0.3, -0.25) is 4.99 Å². The van der Waals surface area contributed by atoms with Crippen molar-refractivity contribution in [2.24, 2.45) is 10.9 Å². The van der Waals surface area contributed by atoms with E-state index < -0.39 is 0 Å². The van der Waals surface area contributed by atoms with Crippen LogP contribution in [0.1, 0.15) is 24.7 Å².